The van der Waals surface area contributed by atoms with Crippen LogP contribution in [0, 0.1) is 29.6 Å². The number of esters is 1. The second-order valence-electron chi connectivity index (χ2n) is 10.2. The summed E-state index contributed by atoms with van der Waals surface area (Å²) >= 11 is 0. The Morgan fingerprint density at radius 3 is 2.47 bits per heavy atom. The maximum atomic E-state index is 13.2. The van der Waals surface area contributed by atoms with Gasteiger partial charge >= 0.3 is 12.3 Å². The number of halogens is 3. The minimum Gasteiger partial charge on any atom is -0.483 e. The molecule has 2 aromatic rings. The molecule has 3 aliphatic rings. The van der Waals surface area contributed by atoms with Crippen molar-refractivity contribution < 1.29 is 32.2 Å². The Labute approximate surface area is 197 Å². The monoisotopic (exact) mass is 474 g/mol. The lowest BCUT2D eigenvalue weighted by Gasteiger charge is -2.46. The molecule has 0 spiro atoms. The van der Waals surface area contributed by atoms with Gasteiger partial charge in [0.1, 0.15) is 11.4 Å². The van der Waals surface area contributed by atoms with E-state index in [1.807, 2.05) is 0 Å². The van der Waals surface area contributed by atoms with Crippen molar-refractivity contribution in [2.75, 3.05) is 0 Å². The highest BCUT2D eigenvalue weighted by Crippen LogP contribution is 2.65. The SMILES string of the molecule is CC(C)C1(Oc2cc(C(=O)Oc3ccccc3)ccc2OC(F)(F)F)CC2CC1C1CCCC21. The van der Waals surface area contributed by atoms with E-state index >= 15 is 0 Å². The largest absolute Gasteiger partial charge is 0.573 e. The first-order valence-corrected chi connectivity index (χ1v) is 12.0. The zero-order valence-electron chi connectivity index (χ0n) is 19.3. The van der Waals surface area contributed by atoms with Crippen LogP contribution in [0.5, 0.6) is 17.2 Å². The lowest BCUT2D eigenvalue weighted by atomic mass is 9.68. The number of carbonyl (C=O) groups is 1. The molecule has 0 aromatic heterocycles. The van der Waals surface area contributed by atoms with Gasteiger partial charge in [0.25, 0.3) is 0 Å². The van der Waals surface area contributed by atoms with Crippen molar-refractivity contribution in [3.05, 3.63) is 54.1 Å². The summed E-state index contributed by atoms with van der Waals surface area (Å²) in [6.07, 6.45) is 0.599. The molecule has 5 rings (SSSR count). The standard InChI is InChI=1S/C27H29F3O4/c1-16(2)26(15-18-13-22(26)21-10-6-9-20(18)21)33-24-14-17(11-12-23(24)34-27(28,29)30)25(31)32-19-7-4-3-5-8-19/h3-5,7-8,11-12,14,16,18,20-22H,6,9-10,13,15H2,1-2H3. The summed E-state index contributed by atoms with van der Waals surface area (Å²) in [4.78, 5) is 12.8. The third kappa shape index (κ3) is 4.14. The van der Waals surface area contributed by atoms with Crippen molar-refractivity contribution in [2.45, 2.75) is 57.9 Å². The van der Waals surface area contributed by atoms with E-state index in [-0.39, 0.29) is 17.2 Å². The highest BCUT2D eigenvalue weighted by Gasteiger charge is 2.63. The van der Waals surface area contributed by atoms with Crippen molar-refractivity contribution >= 4 is 5.97 Å². The summed E-state index contributed by atoms with van der Waals surface area (Å²) < 4.78 is 55.8. The Hall–Kier alpha value is -2.70. The van der Waals surface area contributed by atoms with Crippen LogP contribution < -0.4 is 14.2 Å². The van der Waals surface area contributed by atoms with Crippen LogP contribution in [0.2, 0.25) is 0 Å². The van der Waals surface area contributed by atoms with Gasteiger partial charge in [-0.3, -0.25) is 0 Å². The average molecular weight is 475 g/mol. The summed E-state index contributed by atoms with van der Waals surface area (Å²) in [5.41, 5.74) is -0.476. The molecule has 5 atom stereocenters. The smallest absolute Gasteiger partial charge is 0.483 e. The molecule has 3 fully saturated rings. The number of fused-ring (bicyclic) bond motifs is 5. The zero-order chi connectivity index (χ0) is 24.1. The number of para-hydroxylation sites is 1. The normalized spacial score (nSPS) is 29.8. The molecule has 3 saturated carbocycles. The predicted molar refractivity (Wildman–Crippen MR) is 120 cm³/mol. The fourth-order valence-corrected chi connectivity index (χ4v) is 6.82. The Morgan fingerprint density at radius 2 is 1.76 bits per heavy atom. The van der Waals surface area contributed by atoms with Crippen molar-refractivity contribution in [1.29, 1.82) is 0 Å². The molecule has 3 aliphatic carbocycles. The van der Waals surface area contributed by atoms with Gasteiger partial charge in [0.05, 0.1) is 5.56 Å². The molecule has 4 nitrogen and oxygen atoms in total. The molecular formula is C27H29F3O4. The molecule has 0 radical (unpaired) electrons. The molecule has 2 aromatic carbocycles. The Kier molecular flexibility index (Phi) is 5.77. The van der Waals surface area contributed by atoms with Crippen LogP contribution in [0.1, 0.15) is 56.3 Å². The van der Waals surface area contributed by atoms with Crippen molar-refractivity contribution in [1.82, 2.24) is 0 Å². The second kappa shape index (κ2) is 8.51. The van der Waals surface area contributed by atoms with Crippen LogP contribution >= 0.6 is 0 Å². The fraction of sp³-hybridized carbons (Fsp3) is 0.519. The van der Waals surface area contributed by atoms with Gasteiger partial charge in [-0.2, -0.15) is 0 Å². The van der Waals surface area contributed by atoms with Gasteiger partial charge in [-0.15, -0.1) is 13.2 Å². The quantitative estimate of drug-likeness (QED) is 0.333. The summed E-state index contributed by atoms with van der Waals surface area (Å²) in [5, 5.41) is 0. The van der Waals surface area contributed by atoms with Crippen LogP contribution in [0.25, 0.3) is 0 Å². The second-order valence-corrected chi connectivity index (χ2v) is 10.2. The van der Waals surface area contributed by atoms with Crippen molar-refractivity contribution in [3.8, 4) is 17.2 Å². The van der Waals surface area contributed by atoms with E-state index in [1.165, 1.54) is 25.0 Å². The molecule has 0 aliphatic heterocycles. The molecule has 34 heavy (non-hydrogen) atoms. The van der Waals surface area contributed by atoms with Crippen LogP contribution in [0.3, 0.4) is 0 Å². The van der Waals surface area contributed by atoms with Gasteiger partial charge in [-0.1, -0.05) is 38.5 Å². The van der Waals surface area contributed by atoms with Gasteiger partial charge in [0, 0.05) is 5.92 Å². The van der Waals surface area contributed by atoms with E-state index in [9.17, 15) is 18.0 Å². The summed E-state index contributed by atoms with van der Waals surface area (Å²) in [7, 11) is 0. The number of rotatable bonds is 6. The minimum absolute atomic E-state index is 0.0596. The highest BCUT2D eigenvalue weighted by molar-refractivity contribution is 5.91. The summed E-state index contributed by atoms with van der Waals surface area (Å²) in [6.45, 7) is 4.14. The molecule has 0 N–H and O–H groups in total. The van der Waals surface area contributed by atoms with Crippen LogP contribution in [-0.4, -0.2) is 17.9 Å². The maximum Gasteiger partial charge on any atom is 0.573 e. The average Bonchev–Trinajstić information content (AvgIpc) is 3.47. The minimum atomic E-state index is -4.87. The Balaban J connectivity index is 1.48. The number of benzene rings is 2. The molecular weight excluding hydrogens is 445 g/mol. The predicted octanol–water partition coefficient (Wildman–Crippen LogP) is 7.03. The Morgan fingerprint density at radius 1 is 1.03 bits per heavy atom. The van der Waals surface area contributed by atoms with E-state index in [4.69, 9.17) is 9.47 Å². The molecule has 0 saturated heterocycles. The van der Waals surface area contributed by atoms with Gasteiger partial charge in [0.15, 0.2) is 11.5 Å². The number of hydrogen-bond donors (Lipinski definition) is 0. The number of ether oxygens (including phenoxy) is 3. The zero-order valence-corrected chi connectivity index (χ0v) is 19.3. The molecule has 0 heterocycles. The lowest BCUT2D eigenvalue weighted by Crippen LogP contribution is -2.50. The van der Waals surface area contributed by atoms with Crippen molar-refractivity contribution in [2.24, 2.45) is 29.6 Å². The maximum absolute atomic E-state index is 13.2. The number of carbonyl (C=O) groups excluding carboxylic acids is 1. The first kappa shape index (κ1) is 23.1. The van der Waals surface area contributed by atoms with Crippen LogP contribution in [-0.2, 0) is 0 Å². The Bertz CT molecular complexity index is 1050. The third-order valence-corrected chi connectivity index (χ3v) is 8.15. The van der Waals surface area contributed by atoms with E-state index in [1.54, 1.807) is 30.3 Å². The molecule has 182 valence electrons. The summed E-state index contributed by atoms with van der Waals surface area (Å²) in [5.74, 6) is 1.38. The molecule has 2 bridgehead atoms. The van der Waals surface area contributed by atoms with Crippen LogP contribution in [0.4, 0.5) is 13.2 Å². The first-order valence-electron chi connectivity index (χ1n) is 12.0. The topological polar surface area (TPSA) is 44.8 Å². The van der Waals surface area contributed by atoms with Gasteiger partial charge in [0.2, 0.25) is 0 Å². The number of alkyl halides is 3. The van der Waals surface area contributed by atoms with Gasteiger partial charge in [-0.05, 0) is 79.7 Å². The van der Waals surface area contributed by atoms with Gasteiger partial charge < -0.3 is 14.2 Å². The lowest BCUT2D eigenvalue weighted by molar-refractivity contribution is -0.275. The van der Waals surface area contributed by atoms with E-state index in [0.29, 0.717) is 29.4 Å². The molecule has 0 amide bonds. The first-order chi connectivity index (χ1) is 16.2. The fourth-order valence-electron chi connectivity index (χ4n) is 6.82. The van der Waals surface area contributed by atoms with Crippen molar-refractivity contribution in [3.63, 3.8) is 0 Å². The van der Waals surface area contributed by atoms with E-state index in [0.717, 1.165) is 25.3 Å². The molecule has 7 heteroatoms. The van der Waals surface area contributed by atoms with Gasteiger partial charge in [-0.25, -0.2) is 4.79 Å². The van der Waals surface area contributed by atoms with E-state index < -0.39 is 23.7 Å². The van der Waals surface area contributed by atoms with E-state index in [2.05, 4.69) is 18.6 Å². The third-order valence-electron chi connectivity index (χ3n) is 8.15. The summed E-state index contributed by atoms with van der Waals surface area (Å²) in [6, 6.07) is 12.3. The number of hydrogen-bond acceptors (Lipinski definition) is 4. The molecule has 5 unspecified atom stereocenters. The van der Waals surface area contributed by atoms with Crippen LogP contribution in [0.15, 0.2) is 48.5 Å². The highest BCUT2D eigenvalue weighted by atomic mass is 19.4.